The molecule has 0 fully saturated rings. The second kappa shape index (κ2) is 10.5. The molecule has 1 aliphatic heterocycles. The van der Waals surface area contributed by atoms with E-state index in [1.165, 1.54) is 5.56 Å². The highest BCUT2D eigenvalue weighted by Crippen LogP contribution is 2.37. The van der Waals surface area contributed by atoms with E-state index in [2.05, 4.69) is 39.8 Å². The Morgan fingerprint density at radius 2 is 1.63 bits per heavy atom. The lowest BCUT2D eigenvalue weighted by atomic mass is 9.98. The van der Waals surface area contributed by atoms with Crippen LogP contribution in [0.2, 0.25) is 5.02 Å². The van der Waals surface area contributed by atoms with Crippen LogP contribution in [-0.2, 0) is 0 Å². The summed E-state index contributed by atoms with van der Waals surface area (Å²) in [5, 5.41) is 12.2. The van der Waals surface area contributed by atoms with Crippen molar-refractivity contribution in [3.63, 3.8) is 0 Å². The molecule has 0 amide bonds. The predicted octanol–water partition coefficient (Wildman–Crippen LogP) is 7.15. The van der Waals surface area contributed by atoms with E-state index in [0.717, 1.165) is 45.4 Å². The number of ether oxygens (including phenoxy) is 1. The molecule has 174 valence electrons. The van der Waals surface area contributed by atoms with E-state index in [1.807, 2.05) is 85.1 Å². The molecule has 0 saturated carbocycles. The zero-order valence-electron chi connectivity index (χ0n) is 19.3. The van der Waals surface area contributed by atoms with E-state index in [9.17, 15) is 0 Å². The van der Waals surface area contributed by atoms with Crippen LogP contribution in [0.3, 0.4) is 0 Å². The first-order chi connectivity index (χ1) is 17.2. The molecular formula is C29H25ClN4O. The topological polar surface area (TPSA) is 49.2 Å². The van der Waals surface area contributed by atoms with E-state index >= 15 is 0 Å². The molecule has 0 saturated heterocycles. The van der Waals surface area contributed by atoms with Gasteiger partial charge in [0.15, 0.2) is 0 Å². The molecule has 1 aliphatic rings. The summed E-state index contributed by atoms with van der Waals surface area (Å²) in [6.45, 7) is 0. The lowest BCUT2D eigenvalue weighted by molar-refractivity contribution is 0.414. The smallest absolute Gasteiger partial charge is 0.118 e. The quantitative estimate of drug-likeness (QED) is 0.226. The molecule has 0 aliphatic carbocycles. The van der Waals surface area contributed by atoms with Crippen LogP contribution in [0, 0.1) is 0 Å². The fourth-order valence-electron chi connectivity index (χ4n) is 4.06. The summed E-state index contributed by atoms with van der Waals surface area (Å²) in [5.74, 6) is 0.838. The maximum Gasteiger partial charge on any atom is 0.118 e. The highest BCUT2D eigenvalue weighted by atomic mass is 35.5. The Bertz CT molecular complexity index is 1320. The molecule has 0 bridgehead atoms. The molecule has 0 spiro atoms. The minimum Gasteiger partial charge on any atom is -0.497 e. The second-order valence-corrected chi connectivity index (χ2v) is 8.66. The lowest BCUT2D eigenvalue weighted by Crippen LogP contribution is -2.18. The van der Waals surface area contributed by atoms with Gasteiger partial charge in [-0.25, -0.2) is 0 Å². The maximum atomic E-state index is 6.10. The molecule has 1 N–H and O–H groups in total. The first kappa shape index (κ1) is 22.7. The van der Waals surface area contributed by atoms with Gasteiger partial charge in [-0.1, -0.05) is 66.2 Å². The molecule has 0 unspecified atom stereocenters. The van der Waals surface area contributed by atoms with Gasteiger partial charge in [0.2, 0.25) is 0 Å². The molecule has 1 heterocycles. The number of benzene rings is 4. The lowest BCUT2D eigenvalue weighted by Gasteiger charge is -2.24. The Kier molecular flexibility index (Phi) is 6.77. The van der Waals surface area contributed by atoms with Crippen LogP contribution in [-0.4, -0.2) is 19.0 Å². The minimum atomic E-state index is 0.0749. The summed E-state index contributed by atoms with van der Waals surface area (Å²) in [7, 11) is 1.68. The monoisotopic (exact) mass is 480 g/mol. The van der Waals surface area contributed by atoms with E-state index in [4.69, 9.17) is 21.4 Å². The Hall–Kier alpha value is -4.09. The number of para-hydroxylation sites is 1. The van der Waals surface area contributed by atoms with Crippen LogP contribution in [0.15, 0.2) is 113 Å². The van der Waals surface area contributed by atoms with E-state index < -0.39 is 0 Å². The summed E-state index contributed by atoms with van der Waals surface area (Å²) in [4.78, 5) is 0. The van der Waals surface area contributed by atoms with Gasteiger partial charge in [0.25, 0.3) is 0 Å². The molecule has 5 nitrogen and oxygen atoms in total. The highest BCUT2D eigenvalue weighted by molar-refractivity contribution is 6.30. The largest absolute Gasteiger partial charge is 0.497 e. The van der Waals surface area contributed by atoms with Gasteiger partial charge in [0, 0.05) is 11.4 Å². The van der Waals surface area contributed by atoms with Crippen LogP contribution in [0.4, 0.5) is 11.4 Å². The third-order valence-corrected chi connectivity index (χ3v) is 6.18. The Balaban J connectivity index is 1.39. The molecule has 0 radical (unpaired) electrons. The number of nitrogens with one attached hydrogen (secondary N) is 1. The molecular weight excluding hydrogens is 456 g/mol. The van der Waals surface area contributed by atoms with Gasteiger partial charge in [0.1, 0.15) is 5.75 Å². The molecule has 1 atom stereocenters. The summed E-state index contributed by atoms with van der Waals surface area (Å²) in [5.41, 5.74) is 9.29. The average molecular weight is 481 g/mol. The van der Waals surface area contributed by atoms with Crippen molar-refractivity contribution in [1.29, 1.82) is 0 Å². The number of halogens is 1. The standard InChI is InChI=1S/C29H25ClN4O/c1-35-27-17-11-23(12-18-27)29-19-28(22-9-13-24(30)14-10-22)33-34(29)26-15-7-21(8-16-26)20-31-32-25-5-3-2-4-6-25/h2-18,20,29,32H,19H2,1H3/b31-20-/t29-/m0/s1. The van der Waals surface area contributed by atoms with E-state index in [-0.39, 0.29) is 6.04 Å². The molecule has 0 aromatic heterocycles. The van der Waals surface area contributed by atoms with E-state index in [1.54, 1.807) is 7.11 Å². The van der Waals surface area contributed by atoms with Crippen molar-refractivity contribution in [2.75, 3.05) is 17.5 Å². The van der Waals surface area contributed by atoms with Crippen molar-refractivity contribution in [1.82, 2.24) is 0 Å². The molecule has 35 heavy (non-hydrogen) atoms. The number of methoxy groups -OCH3 is 1. The predicted molar refractivity (Wildman–Crippen MR) is 145 cm³/mol. The number of hydrogen-bond acceptors (Lipinski definition) is 5. The van der Waals surface area contributed by atoms with Crippen molar-refractivity contribution in [2.45, 2.75) is 12.5 Å². The minimum absolute atomic E-state index is 0.0749. The molecule has 4 aromatic carbocycles. The van der Waals surface area contributed by atoms with Crippen molar-refractivity contribution >= 4 is 34.9 Å². The number of anilines is 2. The van der Waals surface area contributed by atoms with E-state index in [0.29, 0.717) is 0 Å². The van der Waals surface area contributed by atoms with Gasteiger partial charge in [-0.15, -0.1) is 0 Å². The number of hydrogen-bond donors (Lipinski definition) is 1. The van der Waals surface area contributed by atoms with Crippen LogP contribution in [0.25, 0.3) is 0 Å². The van der Waals surface area contributed by atoms with Crippen molar-refractivity contribution in [3.8, 4) is 5.75 Å². The first-order valence-corrected chi connectivity index (χ1v) is 11.8. The van der Waals surface area contributed by atoms with Gasteiger partial charge >= 0.3 is 0 Å². The van der Waals surface area contributed by atoms with Crippen LogP contribution in [0.5, 0.6) is 5.75 Å². The van der Waals surface area contributed by atoms with Crippen LogP contribution < -0.4 is 15.2 Å². The van der Waals surface area contributed by atoms with Crippen molar-refractivity contribution in [3.05, 3.63) is 125 Å². The molecule has 4 aromatic rings. The zero-order valence-corrected chi connectivity index (χ0v) is 20.1. The Morgan fingerprint density at radius 1 is 0.914 bits per heavy atom. The number of rotatable bonds is 7. The second-order valence-electron chi connectivity index (χ2n) is 8.22. The highest BCUT2D eigenvalue weighted by Gasteiger charge is 2.30. The SMILES string of the molecule is COc1ccc([C@@H]2CC(c3ccc(Cl)cc3)=NN2c2ccc(/C=N\Nc3ccccc3)cc2)cc1. The summed E-state index contributed by atoms with van der Waals surface area (Å²) in [6, 6.07) is 34.3. The van der Waals surface area contributed by atoms with Gasteiger partial charge in [-0.3, -0.25) is 10.4 Å². The maximum absolute atomic E-state index is 6.10. The van der Waals surface area contributed by atoms with Gasteiger partial charge in [0.05, 0.1) is 36.5 Å². The Morgan fingerprint density at radius 3 is 2.31 bits per heavy atom. The number of nitrogens with zero attached hydrogens (tertiary/aromatic N) is 3. The third-order valence-electron chi connectivity index (χ3n) is 5.93. The fraction of sp³-hybridized carbons (Fsp3) is 0.103. The van der Waals surface area contributed by atoms with Crippen LogP contribution in [0.1, 0.15) is 29.2 Å². The molecule has 6 heteroatoms. The summed E-state index contributed by atoms with van der Waals surface area (Å²) in [6.07, 6.45) is 2.60. The zero-order chi connectivity index (χ0) is 24.0. The first-order valence-electron chi connectivity index (χ1n) is 11.4. The number of hydrazone groups is 2. The van der Waals surface area contributed by atoms with Gasteiger partial charge in [-0.2, -0.15) is 10.2 Å². The van der Waals surface area contributed by atoms with Gasteiger partial charge in [-0.05, 0) is 65.2 Å². The van der Waals surface area contributed by atoms with Gasteiger partial charge < -0.3 is 4.74 Å². The summed E-state index contributed by atoms with van der Waals surface area (Å²) >= 11 is 6.10. The van der Waals surface area contributed by atoms with Crippen LogP contribution >= 0.6 is 11.6 Å². The summed E-state index contributed by atoms with van der Waals surface area (Å²) < 4.78 is 5.35. The van der Waals surface area contributed by atoms with Crippen molar-refractivity contribution < 1.29 is 4.74 Å². The Labute approximate surface area is 210 Å². The molecule has 5 rings (SSSR count). The average Bonchev–Trinajstić information content (AvgIpc) is 3.36. The third kappa shape index (κ3) is 5.36. The van der Waals surface area contributed by atoms with Crippen molar-refractivity contribution in [2.24, 2.45) is 10.2 Å². The normalized spacial score (nSPS) is 15.3. The fourth-order valence-corrected chi connectivity index (χ4v) is 4.18.